The number of hydrogen-bond donors (Lipinski definition) is 2. The fraction of sp³-hybridized carbons (Fsp3) is 0. The number of nitrogens with two attached hydrogens (primary N) is 1. The van der Waals surface area contributed by atoms with Crippen LogP contribution in [0.4, 0.5) is 17.5 Å². The molecule has 0 spiro atoms. The number of aromatic nitrogens is 3. The van der Waals surface area contributed by atoms with E-state index in [9.17, 15) is 0 Å². The van der Waals surface area contributed by atoms with E-state index in [0.717, 1.165) is 0 Å². The molecule has 70 valence electrons. The van der Waals surface area contributed by atoms with E-state index in [1.807, 2.05) is 0 Å². The Bertz CT molecular complexity index is 415. The summed E-state index contributed by atoms with van der Waals surface area (Å²) in [6.45, 7) is 0. The summed E-state index contributed by atoms with van der Waals surface area (Å²) in [5, 5.41) is 2.93. The summed E-state index contributed by atoms with van der Waals surface area (Å²) < 4.78 is 0. The zero-order valence-electron chi connectivity index (χ0n) is 7.38. The van der Waals surface area contributed by atoms with Crippen molar-refractivity contribution >= 4 is 17.5 Å². The van der Waals surface area contributed by atoms with Crippen molar-refractivity contribution < 1.29 is 0 Å². The van der Waals surface area contributed by atoms with Crippen molar-refractivity contribution in [2.75, 3.05) is 11.1 Å². The van der Waals surface area contributed by atoms with Gasteiger partial charge in [-0.25, -0.2) is 15.0 Å². The Hall–Kier alpha value is -2.17. The summed E-state index contributed by atoms with van der Waals surface area (Å²) in [4.78, 5) is 12.1. The van der Waals surface area contributed by atoms with E-state index in [4.69, 9.17) is 5.73 Å². The van der Waals surface area contributed by atoms with Gasteiger partial charge in [0.1, 0.15) is 5.82 Å². The molecule has 0 amide bonds. The van der Waals surface area contributed by atoms with Crippen LogP contribution >= 0.6 is 0 Å². The topological polar surface area (TPSA) is 76.7 Å². The lowest BCUT2D eigenvalue weighted by molar-refractivity contribution is 1.15. The Kier molecular flexibility index (Phi) is 2.22. The molecule has 0 aliphatic heterocycles. The van der Waals surface area contributed by atoms with Crippen LogP contribution in [0, 0.1) is 0 Å². The van der Waals surface area contributed by atoms with Crippen LogP contribution in [0.2, 0.25) is 0 Å². The molecule has 5 nitrogen and oxygen atoms in total. The molecule has 0 atom stereocenters. The zero-order chi connectivity index (χ0) is 9.80. The molecule has 3 N–H and O–H groups in total. The number of pyridine rings is 1. The predicted molar refractivity (Wildman–Crippen MR) is 54.0 cm³/mol. The first kappa shape index (κ1) is 8.43. The van der Waals surface area contributed by atoms with Gasteiger partial charge in [-0.1, -0.05) is 0 Å². The molecule has 0 aliphatic carbocycles. The standard InChI is InChI=1S/C9H9N5/c10-7-2-5-11-8(6-7)14-9-12-3-1-4-13-9/h1-6H,(H3,10,11,12,13,14). The summed E-state index contributed by atoms with van der Waals surface area (Å²) in [5.74, 6) is 1.14. The average Bonchev–Trinajstić information content (AvgIpc) is 2.19. The van der Waals surface area contributed by atoms with Gasteiger partial charge >= 0.3 is 0 Å². The Balaban J connectivity index is 2.19. The van der Waals surface area contributed by atoms with Crippen molar-refractivity contribution in [3.05, 3.63) is 36.8 Å². The Morgan fingerprint density at radius 2 is 1.86 bits per heavy atom. The quantitative estimate of drug-likeness (QED) is 0.738. The first-order chi connectivity index (χ1) is 6.84. The minimum atomic E-state index is 0.505. The maximum Gasteiger partial charge on any atom is 0.228 e. The molecule has 2 heterocycles. The Morgan fingerprint density at radius 3 is 2.57 bits per heavy atom. The first-order valence-electron chi connectivity index (χ1n) is 4.10. The molecule has 5 heteroatoms. The second kappa shape index (κ2) is 3.69. The molecular formula is C9H9N5. The molecule has 2 aromatic rings. The van der Waals surface area contributed by atoms with Crippen molar-refractivity contribution in [2.45, 2.75) is 0 Å². The van der Waals surface area contributed by atoms with E-state index in [2.05, 4.69) is 20.3 Å². The smallest absolute Gasteiger partial charge is 0.228 e. The lowest BCUT2D eigenvalue weighted by Crippen LogP contribution is -1.98. The molecule has 0 saturated carbocycles. The molecule has 0 fully saturated rings. The van der Waals surface area contributed by atoms with Gasteiger partial charge in [-0.2, -0.15) is 0 Å². The van der Waals surface area contributed by atoms with Gasteiger partial charge in [0, 0.05) is 30.3 Å². The lowest BCUT2D eigenvalue weighted by atomic mass is 10.4. The largest absolute Gasteiger partial charge is 0.399 e. The number of rotatable bonds is 2. The number of nitrogens with zero attached hydrogens (tertiary/aromatic N) is 3. The second-order valence-electron chi connectivity index (χ2n) is 2.67. The molecule has 0 aliphatic rings. The van der Waals surface area contributed by atoms with Gasteiger partial charge in [0.2, 0.25) is 5.95 Å². The Labute approximate surface area is 81.0 Å². The summed E-state index contributed by atoms with van der Waals surface area (Å²) in [6.07, 6.45) is 4.93. The lowest BCUT2D eigenvalue weighted by Gasteiger charge is -2.02. The molecule has 0 saturated heterocycles. The van der Waals surface area contributed by atoms with E-state index in [0.29, 0.717) is 17.5 Å². The van der Waals surface area contributed by atoms with Gasteiger partial charge in [-0.15, -0.1) is 0 Å². The van der Waals surface area contributed by atoms with Crippen LogP contribution in [0.15, 0.2) is 36.8 Å². The van der Waals surface area contributed by atoms with E-state index in [1.54, 1.807) is 36.8 Å². The highest BCUT2D eigenvalue weighted by Crippen LogP contribution is 2.11. The van der Waals surface area contributed by atoms with Crippen molar-refractivity contribution in [3.8, 4) is 0 Å². The molecule has 2 rings (SSSR count). The summed E-state index contributed by atoms with van der Waals surface area (Å²) in [5.41, 5.74) is 6.24. The van der Waals surface area contributed by atoms with Crippen LogP contribution < -0.4 is 11.1 Å². The van der Waals surface area contributed by atoms with Crippen molar-refractivity contribution in [1.29, 1.82) is 0 Å². The zero-order valence-corrected chi connectivity index (χ0v) is 7.38. The highest BCUT2D eigenvalue weighted by Gasteiger charge is 1.96. The number of anilines is 3. The molecule has 0 radical (unpaired) electrons. The van der Waals surface area contributed by atoms with Gasteiger partial charge in [-0.3, -0.25) is 0 Å². The SMILES string of the molecule is Nc1ccnc(Nc2ncccn2)c1. The van der Waals surface area contributed by atoms with Gasteiger partial charge < -0.3 is 11.1 Å². The third-order valence-electron chi connectivity index (χ3n) is 1.59. The van der Waals surface area contributed by atoms with Crippen LogP contribution in [-0.4, -0.2) is 15.0 Å². The number of hydrogen-bond acceptors (Lipinski definition) is 5. The number of nitrogen functional groups attached to an aromatic ring is 1. The third-order valence-corrected chi connectivity index (χ3v) is 1.59. The molecule has 0 unspecified atom stereocenters. The van der Waals surface area contributed by atoms with Gasteiger partial charge in [0.05, 0.1) is 0 Å². The van der Waals surface area contributed by atoms with Gasteiger partial charge in [0.15, 0.2) is 0 Å². The van der Waals surface area contributed by atoms with Gasteiger partial charge in [0.25, 0.3) is 0 Å². The fourth-order valence-electron chi connectivity index (χ4n) is 0.993. The van der Waals surface area contributed by atoms with Crippen molar-refractivity contribution in [2.24, 2.45) is 0 Å². The van der Waals surface area contributed by atoms with Crippen LogP contribution in [0.5, 0.6) is 0 Å². The highest BCUT2D eigenvalue weighted by atomic mass is 15.1. The van der Waals surface area contributed by atoms with Crippen LogP contribution in [-0.2, 0) is 0 Å². The maximum absolute atomic E-state index is 5.59. The van der Waals surface area contributed by atoms with Crippen LogP contribution in [0.25, 0.3) is 0 Å². The van der Waals surface area contributed by atoms with E-state index < -0.39 is 0 Å². The maximum atomic E-state index is 5.59. The molecular weight excluding hydrogens is 178 g/mol. The first-order valence-corrected chi connectivity index (χ1v) is 4.10. The van der Waals surface area contributed by atoms with E-state index >= 15 is 0 Å². The minimum Gasteiger partial charge on any atom is -0.399 e. The Morgan fingerprint density at radius 1 is 1.07 bits per heavy atom. The molecule has 0 bridgehead atoms. The predicted octanol–water partition coefficient (Wildman–Crippen LogP) is 1.20. The third kappa shape index (κ3) is 1.95. The minimum absolute atomic E-state index is 0.505. The highest BCUT2D eigenvalue weighted by molar-refractivity contribution is 5.53. The van der Waals surface area contributed by atoms with Crippen molar-refractivity contribution in [1.82, 2.24) is 15.0 Å². The van der Waals surface area contributed by atoms with Crippen LogP contribution in [0.3, 0.4) is 0 Å². The summed E-state index contributed by atoms with van der Waals surface area (Å²) >= 11 is 0. The monoisotopic (exact) mass is 187 g/mol. The molecule has 14 heavy (non-hydrogen) atoms. The molecule has 2 aromatic heterocycles. The summed E-state index contributed by atoms with van der Waals surface area (Å²) in [7, 11) is 0. The van der Waals surface area contributed by atoms with Crippen LogP contribution in [0.1, 0.15) is 0 Å². The second-order valence-corrected chi connectivity index (χ2v) is 2.67. The average molecular weight is 187 g/mol. The molecule has 0 aromatic carbocycles. The summed E-state index contributed by atoms with van der Waals surface area (Å²) in [6, 6.07) is 5.19. The van der Waals surface area contributed by atoms with E-state index in [1.165, 1.54) is 0 Å². The van der Waals surface area contributed by atoms with Gasteiger partial charge in [-0.05, 0) is 12.1 Å². The van der Waals surface area contributed by atoms with E-state index in [-0.39, 0.29) is 0 Å². The van der Waals surface area contributed by atoms with Crippen molar-refractivity contribution in [3.63, 3.8) is 0 Å². The number of nitrogens with one attached hydrogen (secondary N) is 1. The fourth-order valence-corrected chi connectivity index (χ4v) is 0.993. The normalized spacial score (nSPS) is 9.71.